The monoisotopic (exact) mass is 391 g/mol. The molecule has 2 aliphatic heterocycles. The van der Waals surface area contributed by atoms with E-state index >= 15 is 0 Å². The van der Waals surface area contributed by atoms with Gasteiger partial charge in [-0.1, -0.05) is 30.3 Å². The minimum Gasteiger partial charge on any atom is -0.363 e. The summed E-state index contributed by atoms with van der Waals surface area (Å²) < 4.78 is 31.1. The summed E-state index contributed by atoms with van der Waals surface area (Å²) in [6.45, 7) is 1.11. The summed E-state index contributed by atoms with van der Waals surface area (Å²) in [4.78, 5) is 15.5. The fourth-order valence-corrected chi connectivity index (χ4v) is 6.67. The van der Waals surface area contributed by atoms with Crippen LogP contribution in [0.4, 0.5) is 0 Å². The van der Waals surface area contributed by atoms with Crippen molar-refractivity contribution in [2.75, 3.05) is 18.8 Å². The van der Waals surface area contributed by atoms with Crippen LogP contribution in [0.25, 0.3) is 0 Å². The second-order valence-electron chi connectivity index (χ2n) is 6.76. The van der Waals surface area contributed by atoms with Gasteiger partial charge in [-0.05, 0) is 29.0 Å². The molecule has 0 saturated carbocycles. The fourth-order valence-electron chi connectivity index (χ4n) is 3.67. The van der Waals surface area contributed by atoms with Crippen molar-refractivity contribution in [1.29, 1.82) is 0 Å². The van der Waals surface area contributed by atoms with Crippen LogP contribution in [0.1, 0.15) is 27.7 Å². The van der Waals surface area contributed by atoms with Crippen molar-refractivity contribution in [3.63, 3.8) is 0 Å². The molecular weight excluding hydrogens is 370 g/mol. The van der Waals surface area contributed by atoms with Gasteiger partial charge in [0.15, 0.2) is 9.84 Å². The Morgan fingerprint density at radius 3 is 2.69 bits per heavy atom. The van der Waals surface area contributed by atoms with Crippen LogP contribution in [0.2, 0.25) is 0 Å². The van der Waals surface area contributed by atoms with E-state index in [1.807, 2.05) is 41.8 Å². The molecule has 1 aromatic carbocycles. The molecule has 7 heteroatoms. The van der Waals surface area contributed by atoms with Gasteiger partial charge in [-0.3, -0.25) is 4.79 Å². The van der Waals surface area contributed by atoms with E-state index in [1.54, 1.807) is 4.90 Å². The third-order valence-electron chi connectivity index (χ3n) is 5.15. The van der Waals surface area contributed by atoms with Crippen molar-refractivity contribution in [2.45, 2.75) is 30.8 Å². The summed E-state index contributed by atoms with van der Waals surface area (Å²) in [5, 5.41) is 1.39. The van der Waals surface area contributed by atoms with Crippen molar-refractivity contribution < 1.29 is 17.9 Å². The van der Waals surface area contributed by atoms with Crippen molar-refractivity contribution in [3.05, 3.63) is 57.8 Å². The van der Waals surface area contributed by atoms with Gasteiger partial charge in [-0.2, -0.15) is 0 Å². The van der Waals surface area contributed by atoms with Crippen molar-refractivity contribution in [2.24, 2.45) is 0 Å². The number of thiophene rings is 1. The smallest absolute Gasteiger partial charge is 0.252 e. The molecule has 0 aliphatic carbocycles. The van der Waals surface area contributed by atoms with Crippen LogP contribution in [-0.4, -0.2) is 44.2 Å². The zero-order valence-electron chi connectivity index (χ0n) is 14.3. The van der Waals surface area contributed by atoms with E-state index < -0.39 is 21.2 Å². The second-order valence-corrected chi connectivity index (χ2v) is 10.0. The Kier molecular flexibility index (Phi) is 4.86. The molecule has 26 heavy (non-hydrogen) atoms. The molecule has 3 heterocycles. The van der Waals surface area contributed by atoms with Crippen LogP contribution in [-0.2, 0) is 32.4 Å². The van der Waals surface area contributed by atoms with Crippen LogP contribution in [0.15, 0.2) is 41.8 Å². The molecule has 1 fully saturated rings. The Bertz CT molecular complexity index is 892. The molecule has 1 aromatic heterocycles. The highest BCUT2D eigenvalue weighted by Crippen LogP contribution is 2.33. The fraction of sp³-hybridized carbons (Fsp3) is 0.421. The Morgan fingerprint density at radius 2 is 1.92 bits per heavy atom. The molecule has 138 valence electrons. The summed E-state index contributed by atoms with van der Waals surface area (Å²) in [5.41, 5.74) is 2.25. The normalized spacial score (nSPS) is 25.3. The van der Waals surface area contributed by atoms with Gasteiger partial charge in [0, 0.05) is 24.4 Å². The first-order chi connectivity index (χ1) is 12.5. The average molecular weight is 392 g/mol. The van der Waals surface area contributed by atoms with Crippen LogP contribution in [0.5, 0.6) is 0 Å². The van der Waals surface area contributed by atoms with E-state index in [4.69, 9.17) is 4.74 Å². The summed E-state index contributed by atoms with van der Waals surface area (Å²) in [7, 11) is -3.25. The van der Waals surface area contributed by atoms with E-state index in [-0.39, 0.29) is 18.2 Å². The average Bonchev–Trinajstić information content (AvgIpc) is 3.12. The molecule has 0 radical (unpaired) electrons. The largest absolute Gasteiger partial charge is 0.363 e. The molecule has 1 amide bonds. The number of carbonyl (C=O) groups is 1. The summed E-state index contributed by atoms with van der Waals surface area (Å²) >= 11 is 1.46. The number of carbonyl (C=O) groups excluding carboxylic acids is 1. The molecule has 2 atom stereocenters. The first-order valence-corrected chi connectivity index (χ1v) is 11.4. The lowest BCUT2D eigenvalue weighted by Crippen LogP contribution is -2.44. The minimum absolute atomic E-state index is 0.00458. The van der Waals surface area contributed by atoms with Crippen molar-refractivity contribution in [3.8, 4) is 0 Å². The van der Waals surface area contributed by atoms with Gasteiger partial charge >= 0.3 is 0 Å². The second kappa shape index (κ2) is 7.13. The maximum atomic E-state index is 12.9. The number of amides is 1. The third-order valence-corrected chi connectivity index (χ3v) is 8.40. The quantitative estimate of drug-likeness (QED) is 0.789. The third kappa shape index (κ3) is 3.43. The highest BCUT2D eigenvalue weighted by Gasteiger charge is 2.36. The van der Waals surface area contributed by atoms with Crippen LogP contribution in [0, 0.1) is 0 Å². The molecule has 0 N–H and O–H groups in total. The topological polar surface area (TPSA) is 63.7 Å². The van der Waals surface area contributed by atoms with Gasteiger partial charge in [0.2, 0.25) is 0 Å². The van der Waals surface area contributed by atoms with Crippen LogP contribution in [0.3, 0.4) is 0 Å². The molecule has 0 spiro atoms. The van der Waals surface area contributed by atoms with E-state index in [0.717, 1.165) is 16.0 Å². The molecule has 5 nitrogen and oxygen atoms in total. The number of hydrogen-bond acceptors (Lipinski definition) is 5. The predicted octanol–water partition coefficient (Wildman–Crippen LogP) is 2.58. The molecular formula is C19H21NO4S2. The highest BCUT2D eigenvalue weighted by atomic mass is 32.2. The number of fused-ring (bicyclic) bond motifs is 1. The Balaban J connectivity index is 1.48. The number of ether oxygens (including phenoxy) is 1. The van der Waals surface area contributed by atoms with Gasteiger partial charge in [-0.15, -0.1) is 11.3 Å². The minimum atomic E-state index is -3.25. The zero-order valence-corrected chi connectivity index (χ0v) is 16.0. The summed E-state index contributed by atoms with van der Waals surface area (Å²) in [6.07, 6.45) is 0.468. The maximum absolute atomic E-state index is 12.9. The molecule has 0 bridgehead atoms. The summed E-state index contributed by atoms with van der Waals surface area (Å²) in [5.74, 6) is -0.0912. The van der Waals surface area contributed by atoms with E-state index in [9.17, 15) is 13.2 Å². The van der Waals surface area contributed by atoms with E-state index in [2.05, 4.69) is 0 Å². The van der Waals surface area contributed by atoms with Gasteiger partial charge in [0.1, 0.15) is 6.10 Å². The standard InChI is InChI=1S/C19H21NO4S2/c21-19(16-12-14-4-1-2-5-15(14)13-24-16)20-8-7-18(17-6-3-10-25-17)26(22,23)11-9-20/h1-6,10,16,18H,7-9,11-13H2. The SMILES string of the molecule is O=C(C1Cc2ccccc2CO1)N1CCC(c2cccs2)S(=O)(=O)CC1. The summed E-state index contributed by atoms with van der Waals surface area (Å²) in [6, 6.07) is 11.7. The zero-order chi connectivity index (χ0) is 18.1. The lowest BCUT2D eigenvalue weighted by Gasteiger charge is -2.29. The molecule has 2 aromatic rings. The Labute approximate surface area is 157 Å². The highest BCUT2D eigenvalue weighted by molar-refractivity contribution is 7.91. The van der Waals surface area contributed by atoms with Crippen molar-refractivity contribution in [1.82, 2.24) is 4.90 Å². The number of nitrogens with zero attached hydrogens (tertiary/aromatic N) is 1. The lowest BCUT2D eigenvalue weighted by atomic mass is 9.98. The van der Waals surface area contributed by atoms with Crippen LogP contribution >= 0.6 is 11.3 Å². The van der Waals surface area contributed by atoms with Gasteiger partial charge in [0.05, 0.1) is 17.6 Å². The molecule has 2 aliphatic rings. The molecule has 2 unspecified atom stereocenters. The van der Waals surface area contributed by atoms with E-state index in [0.29, 0.717) is 26.0 Å². The Hall–Kier alpha value is -1.70. The number of hydrogen-bond donors (Lipinski definition) is 0. The first kappa shape index (κ1) is 17.7. The van der Waals surface area contributed by atoms with Gasteiger partial charge < -0.3 is 9.64 Å². The number of benzene rings is 1. The molecule has 1 saturated heterocycles. The van der Waals surface area contributed by atoms with Gasteiger partial charge in [-0.25, -0.2) is 8.42 Å². The molecule has 4 rings (SSSR count). The number of rotatable bonds is 2. The maximum Gasteiger partial charge on any atom is 0.252 e. The first-order valence-electron chi connectivity index (χ1n) is 8.77. The predicted molar refractivity (Wildman–Crippen MR) is 101 cm³/mol. The van der Waals surface area contributed by atoms with E-state index in [1.165, 1.54) is 11.3 Å². The Morgan fingerprint density at radius 1 is 1.12 bits per heavy atom. The van der Waals surface area contributed by atoms with Gasteiger partial charge in [0.25, 0.3) is 5.91 Å². The lowest BCUT2D eigenvalue weighted by molar-refractivity contribution is -0.145. The van der Waals surface area contributed by atoms with Crippen LogP contribution < -0.4 is 0 Å². The van der Waals surface area contributed by atoms with Crippen molar-refractivity contribution >= 4 is 27.1 Å². The number of sulfone groups is 1.